The number of fused-ring (bicyclic) bond motifs is 1. The Morgan fingerprint density at radius 3 is 2.40 bits per heavy atom. The zero-order chi connectivity index (χ0) is 30.3. The number of nitrogens with zero attached hydrogens (tertiary/aromatic N) is 1. The molecule has 5 rings (SSSR count). The van der Waals surface area contributed by atoms with E-state index in [4.69, 9.17) is 29.4 Å². The summed E-state index contributed by atoms with van der Waals surface area (Å²) in [5, 5.41) is 9.98. The molecule has 8 nitrogen and oxygen atoms in total. The Morgan fingerprint density at radius 2 is 1.67 bits per heavy atom. The number of carbonyl (C=O) groups excluding carboxylic acids is 1. The van der Waals surface area contributed by atoms with Gasteiger partial charge in [-0.15, -0.1) is 0 Å². The van der Waals surface area contributed by atoms with Crippen molar-refractivity contribution in [1.82, 2.24) is 0 Å². The fourth-order valence-corrected chi connectivity index (χ4v) is 4.61. The molecule has 2 N–H and O–H groups in total. The molecule has 4 aromatic rings. The molecule has 0 saturated heterocycles. The second kappa shape index (κ2) is 13.0. The van der Waals surface area contributed by atoms with Crippen LogP contribution in [0.5, 0.6) is 28.7 Å². The predicted molar refractivity (Wildman–Crippen MR) is 156 cm³/mol. The highest BCUT2D eigenvalue weighted by Gasteiger charge is 2.32. The van der Waals surface area contributed by atoms with Gasteiger partial charge in [0.25, 0.3) is 0 Å². The van der Waals surface area contributed by atoms with Gasteiger partial charge in [-0.1, -0.05) is 42.0 Å². The molecule has 0 aromatic heterocycles. The molecular formula is C34H29FN2O6. The van der Waals surface area contributed by atoms with Gasteiger partial charge in [0.2, 0.25) is 5.88 Å². The number of nitriles is 1. The lowest BCUT2D eigenvalue weighted by atomic mass is 9.83. The number of nitrogens with two attached hydrogens (primary N) is 1. The monoisotopic (exact) mass is 580 g/mol. The molecular weight excluding hydrogens is 551 g/mol. The first-order valence-electron chi connectivity index (χ1n) is 13.6. The van der Waals surface area contributed by atoms with E-state index in [9.17, 15) is 14.4 Å². The van der Waals surface area contributed by atoms with Gasteiger partial charge in [0.05, 0.1) is 12.5 Å². The number of ether oxygens (including phenoxy) is 5. The third kappa shape index (κ3) is 6.88. The van der Waals surface area contributed by atoms with Crippen LogP contribution in [0.3, 0.4) is 0 Å². The van der Waals surface area contributed by atoms with Gasteiger partial charge in [0, 0.05) is 11.6 Å². The van der Waals surface area contributed by atoms with Gasteiger partial charge in [-0.05, 0) is 67.4 Å². The second-order valence-electron chi connectivity index (χ2n) is 9.75. The summed E-state index contributed by atoms with van der Waals surface area (Å²) in [7, 11) is 0. The van der Waals surface area contributed by atoms with E-state index >= 15 is 0 Å². The van der Waals surface area contributed by atoms with Crippen LogP contribution in [-0.2, 0) is 11.4 Å². The highest BCUT2D eigenvalue weighted by molar-refractivity contribution is 5.74. The molecule has 9 heteroatoms. The number of benzene rings is 4. The van der Waals surface area contributed by atoms with E-state index in [1.807, 2.05) is 32.0 Å². The predicted octanol–water partition coefficient (Wildman–Crippen LogP) is 6.31. The largest absolute Gasteiger partial charge is 0.490 e. The van der Waals surface area contributed by atoms with E-state index in [2.05, 4.69) is 6.07 Å². The molecule has 0 bridgehead atoms. The van der Waals surface area contributed by atoms with Crippen molar-refractivity contribution in [2.45, 2.75) is 26.4 Å². The molecule has 4 aromatic carbocycles. The standard InChI is InChI=1S/C34H29FN2O6/c1-3-39-31-16-23(8-15-29(31)41-19-22-6-9-24(35)10-7-22)33-27-14-13-26(17-30(27)43-34(37)28(33)18-36)42-32(38)20-40-25-11-4-21(2)5-12-25/h4-17,33H,3,19-20,37H2,1-2H3. The Bertz CT molecular complexity index is 1690. The van der Waals surface area contributed by atoms with Crippen LogP contribution in [0.1, 0.15) is 35.1 Å². The van der Waals surface area contributed by atoms with Gasteiger partial charge in [0.1, 0.15) is 41.3 Å². The van der Waals surface area contributed by atoms with Crippen molar-refractivity contribution in [2.75, 3.05) is 13.2 Å². The highest BCUT2D eigenvalue weighted by atomic mass is 19.1. The molecule has 1 aliphatic rings. The Balaban J connectivity index is 1.36. The number of halogens is 1. The minimum absolute atomic E-state index is 0.0548. The Kier molecular flexibility index (Phi) is 8.77. The number of esters is 1. The van der Waals surface area contributed by atoms with Crippen molar-refractivity contribution in [3.8, 4) is 34.8 Å². The maximum Gasteiger partial charge on any atom is 0.349 e. The summed E-state index contributed by atoms with van der Waals surface area (Å²) in [6.07, 6.45) is 0. The van der Waals surface area contributed by atoms with Crippen LogP contribution in [0.15, 0.2) is 96.4 Å². The first-order chi connectivity index (χ1) is 20.8. The van der Waals surface area contributed by atoms with Gasteiger partial charge in [-0.2, -0.15) is 5.26 Å². The topological polar surface area (TPSA) is 113 Å². The lowest BCUT2D eigenvalue weighted by Gasteiger charge is -2.27. The van der Waals surface area contributed by atoms with E-state index in [0.29, 0.717) is 35.2 Å². The van der Waals surface area contributed by atoms with E-state index in [-0.39, 0.29) is 36.2 Å². The van der Waals surface area contributed by atoms with E-state index in [1.54, 1.807) is 54.6 Å². The summed E-state index contributed by atoms with van der Waals surface area (Å²) in [4.78, 5) is 12.5. The minimum atomic E-state index is -0.591. The molecule has 1 heterocycles. The minimum Gasteiger partial charge on any atom is -0.490 e. The van der Waals surface area contributed by atoms with Gasteiger partial charge >= 0.3 is 5.97 Å². The molecule has 1 atom stereocenters. The highest BCUT2D eigenvalue weighted by Crippen LogP contribution is 2.45. The Hall–Kier alpha value is -5.49. The van der Waals surface area contributed by atoms with Crippen LogP contribution in [-0.4, -0.2) is 19.2 Å². The van der Waals surface area contributed by atoms with Crippen molar-refractivity contribution < 1.29 is 32.9 Å². The number of aryl methyl sites for hydroxylation is 1. The summed E-state index contributed by atoms with van der Waals surface area (Å²) in [5.41, 5.74) is 9.66. The summed E-state index contributed by atoms with van der Waals surface area (Å²) in [6, 6.07) is 25.8. The molecule has 1 aliphatic heterocycles. The molecule has 0 fully saturated rings. The smallest absolute Gasteiger partial charge is 0.349 e. The van der Waals surface area contributed by atoms with Gasteiger partial charge in [-0.25, -0.2) is 9.18 Å². The van der Waals surface area contributed by atoms with Crippen molar-refractivity contribution in [1.29, 1.82) is 5.26 Å². The summed E-state index contributed by atoms with van der Waals surface area (Å²) < 4.78 is 41.9. The zero-order valence-corrected chi connectivity index (χ0v) is 23.6. The lowest BCUT2D eigenvalue weighted by molar-refractivity contribution is -0.136. The molecule has 0 spiro atoms. The van der Waals surface area contributed by atoms with Crippen LogP contribution in [0, 0.1) is 24.1 Å². The van der Waals surface area contributed by atoms with Crippen molar-refractivity contribution >= 4 is 5.97 Å². The third-order valence-corrected chi connectivity index (χ3v) is 6.71. The van der Waals surface area contributed by atoms with E-state index in [1.165, 1.54) is 12.1 Å². The normalized spacial score (nSPS) is 13.8. The number of hydrogen-bond donors (Lipinski definition) is 1. The number of carbonyl (C=O) groups is 1. The SMILES string of the molecule is CCOc1cc(C2C(C#N)=C(N)Oc3cc(OC(=O)COc4ccc(C)cc4)ccc32)ccc1OCc1ccc(F)cc1. The fourth-order valence-electron chi connectivity index (χ4n) is 4.61. The summed E-state index contributed by atoms with van der Waals surface area (Å²) in [6.45, 7) is 4.13. The van der Waals surface area contributed by atoms with Crippen LogP contribution < -0.4 is 29.4 Å². The lowest BCUT2D eigenvalue weighted by Crippen LogP contribution is -2.22. The van der Waals surface area contributed by atoms with E-state index in [0.717, 1.165) is 16.7 Å². The molecule has 0 aliphatic carbocycles. The summed E-state index contributed by atoms with van der Waals surface area (Å²) in [5.74, 6) is 0.569. The number of allylic oxidation sites excluding steroid dienone is 1. The van der Waals surface area contributed by atoms with Crippen molar-refractivity contribution in [3.63, 3.8) is 0 Å². The molecule has 43 heavy (non-hydrogen) atoms. The van der Waals surface area contributed by atoms with Crippen molar-refractivity contribution in [2.24, 2.45) is 5.73 Å². The van der Waals surface area contributed by atoms with E-state index < -0.39 is 11.9 Å². The van der Waals surface area contributed by atoms with Crippen LogP contribution >= 0.6 is 0 Å². The Labute approximate surface area is 248 Å². The van der Waals surface area contributed by atoms with Crippen LogP contribution in [0.25, 0.3) is 0 Å². The maximum atomic E-state index is 13.3. The van der Waals surface area contributed by atoms with Crippen LogP contribution in [0.4, 0.5) is 4.39 Å². The molecule has 0 amide bonds. The van der Waals surface area contributed by atoms with Crippen molar-refractivity contribution in [3.05, 3.63) is 124 Å². The maximum absolute atomic E-state index is 13.3. The van der Waals surface area contributed by atoms with Gasteiger partial charge in [-0.3, -0.25) is 0 Å². The average Bonchev–Trinajstić information content (AvgIpc) is 3.00. The van der Waals surface area contributed by atoms with Gasteiger partial charge < -0.3 is 29.4 Å². The molecule has 218 valence electrons. The molecule has 0 radical (unpaired) electrons. The molecule has 1 unspecified atom stereocenters. The Morgan fingerprint density at radius 1 is 0.930 bits per heavy atom. The molecule has 0 saturated carbocycles. The summed E-state index contributed by atoms with van der Waals surface area (Å²) >= 11 is 0. The second-order valence-corrected chi connectivity index (χ2v) is 9.75. The number of hydrogen-bond acceptors (Lipinski definition) is 8. The van der Waals surface area contributed by atoms with Gasteiger partial charge in [0.15, 0.2) is 18.1 Å². The third-order valence-electron chi connectivity index (χ3n) is 6.71. The fraction of sp³-hybridized carbons (Fsp3) is 0.176. The zero-order valence-electron chi connectivity index (χ0n) is 23.6. The first kappa shape index (κ1) is 29.0. The average molecular weight is 581 g/mol. The first-order valence-corrected chi connectivity index (χ1v) is 13.6. The van der Waals surface area contributed by atoms with Crippen LogP contribution in [0.2, 0.25) is 0 Å². The quantitative estimate of drug-likeness (QED) is 0.171. The number of rotatable bonds is 10.